The third-order valence-electron chi connectivity index (χ3n) is 8.20. The van der Waals surface area contributed by atoms with Gasteiger partial charge in [0.25, 0.3) is 0 Å². The average Bonchev–Trinajstić information content (AvgIpc) is 2.82. The number of likely N-dealkylation sites (tertiary alicyclic amines) is 1. The maximum absolute atomic E-state index is 11.3. The SMILES string of the molecule is CN=C(NCCCCN1CCC(C(N)=O)CC1)N1CCN(C2CCC(C(C)C)CC2)CC1. The Morgan fingerprint density at radius 1 is 0.969 bits per heavy atom. The third-order valence-corrected chi connectivity index (χ3v) is 8.20. The van der Waals surface area contributed by atoms with Gasteiger partial charge in [0, 0.05) is 51.7 Å². The molecule has 2 heterocycles. The average molecular weight is 449 g/mol. The van der Waals surface area contributed by atoms with Gasteiger partial charge in [-0.25, -0.2) is 0 Å². The number of nitrogens with one attached hydrogen (secondary N) is 1. The molecule has 0 aromatic carbocycles. The molecule has 0 radical (unpaired) electrons. The first-order valence-electron chi connectivity index (χ1n) is 13.2. The molecule has 3 aliphatic rings. The summed E-state index contributed by atoms with van der Waals surface area (Å²) in [7, 11) is 1.91. The molecule has 2 aliphatic heterocycles. The van der Waals surface area contributed by atoms with Gasteiger partial charge in [-0.3, -0.25) is 14.7 Å². The number of guanidine groups is 1. The minimum absolute atomic E-state index is 0.0896. The van der Waals surface area contributed by atoms with E-state index in [-0.39, 0.29) is 11.8 Å². The van der Waals surface area contributed by atoms with E-state index in [0.717, 1.165) is 82.4 Å². The van der Waals surface area contributed by atoms with E-state index in [1.54, 1.807) is 0 Å². The zero-order valence-corrected chi connectivity index (χ0v) is 20.9. The molecule has 0 unspecified atom stereocenters. The van der Waals surface area contributed by atoms with E-state index in [9.17, 15) is 4.79 Å². The summed E-state index contributed by atoms with van der Waals surface area (Å²) in [5.74, 6) is 2.82. The van der Waals surface area contributed by atoms with Crippen molar-refractivity contribution in [1.82, 2.24) is 20.0 Å². The lowest BCUT2D eigenvalue weighted by Gasteiger charge is -2.43. The number of carbonyl (C=O) groups is 1. The summed E-state index contributed by atoms with van der Waals surface area (Å²) < 4.78 is 0. The first-order valence-corrected chi connectivity index (χ1v) is 13.2. The van der Waals surface area contributed by atoms with Gasteiger partial charge in [0.05, 0.1) is 0 Å². The standard InChI is InChI=1S/C25H48N6O/c1-20(2)21-6-8-23(9-7-21)30-16-18-31(19-17-30)25(27-3)28-12-4-5-13-29-14-10-22(11-15-29)24(26)32/h20-23H,4-19H2,1-3H3,(H2,26,32)(H,27,28). The van der Waals surface area contributed by atoms with Crippen molar-refractivity contribution in [3.8, 4) is 0 Å². The van der Waals surface area contributed by atoms with Gasteiger partial charge in [-0.1, -0.05) is 13.8 Å². The predicted octanol–water partition coefficient (Wildman–Crippen LogP) is 2.37. The molecule has 7 heteroatoms. The number of primary amides is 1. The lowest BCUT2D eigenvalue weighted by molar-refractivity contribution is -0.123. The number of aliphatic imine (C=N–C) groups is 1. The van der Waals surface area contributed by atoms with Crippen LogP contribution in [0.2, 0.25) is 0 Å². The smallest absolute Gasteiger partial charge is 0.220 e. The van der Waals surface area contributed by atoms with Gasteiger partial charge >= 0.3 is 0 Å². The zero-order valence-electron chi connectivity index (χ0n) is 20.9. The number of nitrogens with zero attached hydrogens (tertiary/aromatic N) is 4. The minimum atomic E-state index is -0.125. The Bertz CT molecular complexity index is 585. The highest BCUT2D eigenvalue weighted by molar-refractivity contribution is 5.80. The lowest BCUT2D eigenvalue weighted by atomic mass is 9.79. The van der Waals surface area contributed by atoms with Crippen LogP contribution in [0.15, 0.2) is 4.99 Å². The van der Waals surface area contributed by atoms with Gasteiger partial charge in [-0.05, 0) is 82.8 Å². The molecule has 3 rings (SSSR count). The van der Waals surface area contributed by atoms with Crippen molar-refractivity contribution >= 4 is 11.9 Å². The summed E-state index contributed by atoms with van der Waals surface area (Å²) in [6.07, 6.45) is 9.76. The van der Waals surface area contributed by atoms with Crippen LogP contribution in [0.1, 0.15) is 65.2 Å². The van der Waals surface area contributed by atoms with Crippen molar-refractivity contribution in [2.45, 2.75) is 71.3 Å². The minimum Gasteiger partial charge on any atom is -0.369 e. The number of hydrogen-bond donors (Lipinski definition) is 2. The topological polar surface area (TPSA) is 77.2 Å². The van der Waals surface area contributed by atoms with Crippen LogP contribution in [-0.2, 0) is 4.79 Å². The monoisotopic (exact) mass is 448 g/mol. The normalized spacial score (nSPS) is 27.1. The second-order valence-corrected chi connectivity index (χ2v) is 10.5. The molecule has 7 nitrogen and oxygen atoms in total. The first kappa shape index (κ1) is 25.3. The van der Waals surface area contributed by atoms with Crippen molar-refractivity contribution in [2.24, 2.45) is 28.5 Å². The largest absolute Gasteiger partial charge is 0.369 e. The van der Waals surface area contributed by atoms with Crippen molar-refractivity contribution in [2.75, 3.05) is 59.4 Å². The summed E-state index contributed by atoms with van der Waals surface area (Å²) in [4.78, 5) is 23.5. The number of hydrogen-bond acceptors (Lipinski definition) is 4. The maximum Gasteiger partial charge on any atom is 0.220 e. The molecule has 0 bridgehead atoms. The molecule has 3 N–H and O–H groups in total. The third kappa shape index (κ3) is 7.34. The van der Waals surface area contributed by atoms with Crippen LogP contribution in [0, 0.1) is 17.8 Å². The zero-order chi connectivity index (χ0) is 22.9. The van der Waals surface area contributed by atoms with E-state index in [1.807, 2.05) is 7.05 Å². The Balaban J connectivity index is 1.27. The summed E-state index contributed by atoms with van der Waals surface area (Å²) in [5, 5.41) is 3.59. The van der Waals surface area contributed by atoms with E-state index in [2.05, 4.69) is 38.9 Å². The van der Waals surface area contributed by atoms with Crippen LogP contribution < -0.4 is 11.1 Å². The Morgan fingerprint density at radius 2 is 1.62 bits per heavy atom. The molecule has 0 aromatic rings. The van der Waals surface area contributed by atoms with Gasteiger partial charge in [-0.2, -0.15) is 0 Å². The van der Waals surface area contributed by atoms with E-state index in [4.69, 9.17) is 5.73 Å². The Morgan fingerprint density at radius 3 is 2.19 bits per heavy atom. The lowest BCUT2D eigenvalue weighted by Crippen LogP contribution is -2.55. The molecule has 0 aromatic heterocycles. The van der Waals surface area contributed by atoms with Crippen molar-refractivity contribution in [3.63, 3.8) is 0 Å². The molecular weight excluding hydrogens is 400 g/mol. The number of unbranched alkanes of at least 4 members (excludes halogenated alkanes) is 1. The molecule has 0 spiro atoms. The van der Waals surface area contributed by atoms with Crippen LogP contribution in [-0.4, -0.2) is 92.0 Å². The van der Waals surface area contributed by atoms with Crippen molar-refractivity contribution in [1.29, 1.82) is 0 Å². The van der Waals surface area contributed by atoms with Crippen LogP contribution in [0.5, 0.6) is 0 Å². The fraction of sp³-hybridized carbons (Fsp3) is 0.920. The van der Waals surface area contributed by atoms with Crippen molar-refractivity contribution < 1.29 is 4.79 Å². The number of nitrogens with two attached hydrogens (primary N) is 1. The van der Waals surface area contributed by atoms with Crippen LogP contribution in [0.4, 0.5) is 0 Å². The molecule has 184 valence electrons. The maximum atomic E-state index is 11.3. The summed E-state index contributed by atoms with van der Waals surface area (Å²) in [6, 6.07) is 0.801. The highest BCUT2D eigenvalue weighted by atomic mass is 16.1. The van der Waals surface area contributed by atoms with E-state index in [0.29, 0.717) is 0 Å². The molecular formula is C25H48N6O. The van der Waals surface area contributed by atoms with Crippen LogP contribution >= 0.6 is 0 Å². The molecule has 0 atom stereocenters. The molecule has 2 saturated heterocycles. The first-order chi connectivity index (χ1) is 15.5. The second kappa shape index (κ2) is 12.8. The number of rotatable bonds is 8. The van der Waals surface area contributed by atoms with Gasteiger partial charge in [0.2, 0.25) is 5.91 Å². The molecule has 1 aliphatic carbocycles. The summed E-state index contributed by atoms with van der Waals surface area (Å²) in [6.45, 7) is 13.4. The fourth-order valence-electron chi connectivity index (χ4n) is 5.87. The van der Waals surface area contributed by atoms with E-state index in [1.165, 1.54) is 45.2 Å². The summed E-state index contributed by atoms with van der Waals surface area (Å²) in [5.41, 5.74) is 5.43. The Kier molecular flexibility index (Phi) is 10.1. The Labute approximate surface area is 196 Å². The molecule has 1 saturated carbocycles. The van der Waals surface area contributed by atoms with Crippen molar-refractivity contribution in [3.05, 3.63) is 0 Å². The van der Waals surface area contributed by atoms with E-state index < -0.39 is 0 Å². The van der Waals surface area contributed by atoms with Gasteiger partial charge in [-0.15, -0.1) is 0 Å². The predicted molar refractivity (Wildman–Crippen MR) is 133 cm³/mol. The second-order valence-electron chi connectivity index (χ2n) is 10.5. The molecule has 32 heavy (non-hydrogen) atoms. The van der Waals surface area contributed by atoms with Gasteiger partial charge < -0.3 is 20.9 Å². The van der Waals surface area contributed by atoms with Gasteiger partial charge in [0.1, 0.15) is 0 Å². The summed E-state index contributed by atoms with van der Waals surface area (Å²) >= 11 is 0. The number of amides is 1. The van der Waals surface area contributed by atoms with Gasteiger partial charge in [0.15, 0.2) is 5.96 Å². The Hall–Kier alpha value is -1.34. The number of piperazine rings is 1. The molecule has 1 amide bonds. The highest BCUT2D eigenvalue weighted by Crippen LogP contribution is 2.32. The molecule has 3 fully saturated rings. The van der Waals surface area contributed by atoms with Crippen LogP contribution in [0.25, 0.3) is 0 Å². The highest BCUT2D eigenvalue weighted by Gasteiger charge is 2.30. The quantitative estimate of drug-likeness (QED) is 0.339. The van der Waals surface area contributed by atoms with E-state index >= 15 is 0 Å². The number of piperidine rings is 1. The fourth-order valence-corrected chi connectivity index (χ4v) is 5.87. The van der Waals surface area contributed by atoms with Crippen LogP contribution in [0.3, 0.4) is 0 Å². The number of carbonyl (C=O) groups excluding carboxylic acids is 1.